The lowest BCUT2D eigenvalue weighted by Gasteiger charge is -2.32. The molecule has 0 aromatic heterocycles. The van der Waals surface area contributed by atoms with Crippen molar-refractivity contribution in [1.29, 1.82) is 0 Å². The maximum Gasteiger partial charge on any atom is 0.269 e. The highest BCUT2D eigenvalue weighted by Gasteiger charge is 2.49. The van der Waals surface area contributed by atoms with Crippen LogP contribution in [0.3, 0.4) is 0 Å². The lowest BCUT2D eigenvalue weighted by molar-refractivity contribution is -0.384. The molecule has 0 amide bonds. The van der Waals surface area contributed by atoms with Crippen LogP contribution in [-0.2, 0) is 14.8 Å². The van der Waals surface area contributed by atoms with Crippen LogP contribution in [0.4, 0.5) is 5.69 Å². The third-order valence-corrected chi connectivity index (χ3v) is 6.57. The van der Waals surface area contributed by atoms with Crippen molar-refractivity contribution in [2.75, 3.05) is 13.7 Å². The van der Waals surface area contributed by atoms with Crippen LogP contribution in [0.1, 0.15) is 25.5 Å². The van der Waals surface area contributed by atoms with E-state index in [1.165, 1.54) is 28.6 Å². The third-order valence-electron chi connectivity index (χ3n) is 4.49. The minimum absolute atomic E-state index is 0.0282. The van der Waals surface area contributed by atoms with Crippen LogP contribution in [0.25, 0.3) is 0 Å². The molecule has 9 heteroatoms. The lowest BCUT2D eigenvalue weighted by Crippen LogP contribution is -2.44. The van der Waals surface area contributed by atoms with E-state index in [9.17, 15) is 18.5 Å². The van der Waals surface area contributed by atoms with Crippen molar-refractivity contribution >= 4 is 15.7 Å². The summed E-state index contributed by atoms with van der Waals surface area (Å²) in [6, 6.07) is 11.4. The lowest BCUT2D eigenvalue weighted by atomic mass is 10.1. The number of nitro groups is 1. The molecule has 1 saturated heterocycles. The summed E-state index contributed by atoms with van der Waals surface area (Å²) >= 11 is 0. The van der Waals surface area contributed by atoms with E-state index in [0.717, 1.165) is 5.56 Å². The van der Waals surface area contributed by atoms with Crippen LogP contribution in [0, 0.1) is 10.1 Å². The fraction of sp³-hybridized carbons (Fsp3) is 0.333. The summed E-state index contributed by atoms with van der Waals surface area (Å²) in [4.78, 5) is 10.2. The largest absolute Gasteiger partial charge is 0.497 e. The smallest absolute Gasteiger partial charge is 0.269 e. The molecule has 8 nitrogen and oxygen atoms in total. The van der Waals surface area contributed by atoms with Crippen molar-refractivity contribution < 1.29 is 22.8 Å². The van der Waals surface area contributed by atoms with Crippen LogP contribution in [0.5, 0.6) is 5.75 Å². The molecular weight excluding hydrogens is 372 g/mol. The second-order valence-electron chi connectivity index (χ2n) is 6.60. The molecule has 144 valence electrons. The summed E-state index contributed by atoms with van der Waals surface area (Å²) in [6.45, 7) is 3.54. The fourth-order valence-electron chi connectivity index (χ4n) is 3.18. The van der Waals surface area contributed by atoms with Gasteiger partial charge in [-0.2, -0.15) is 4.31 Å². The number of hydrogen-bond acceptors (Lipinski definition) is 6. The molecule has 1 aliphatic rings. The number of methoxy groups -OCH3 is 1. The van der Waals surface area contributed by atoms with Gasteiger partial charge in [0.1, 0.15) is 11.5 Å². The number of benzene rings is 2. The normalized spacial score (nSPS) is 19.7. The Morgan fingerprint density at radius 1 is 1.22 bits per heavy atom. The van der Waals surface area contributed by atoms with E-state index >= 15 is 0 Å². The first kappa shape index (κ1) is 19.3. The van der Waals surface area contributed by atoms with Crippen LogP contribution < -0.4 is 4.74 Å². The second kappa shape index (κ2) is 6.91. The van der Waals surface area contributed by atoms with Gasteiger partial charge < -0.3 is 9.47 Å². The van der Waals surface area contributed by atoms with Gasteiger partial charge in [-0.05, 0) is 43.7 Å². The zero-order valence-electron chi connectivity index (χ0n) is 15.2. The Labute approximate surface area is 157 Å². The molecule has 1 aliphatic heterocycles. The van der Waals surface area contributed by atoms with Gasteiger partial charge in [0, 0.05) is 12.1 Å². The molecule has 1 fully saturated rings. The monoisotopic (exact) mass is 392 g/mol. The van der Waals surface area contributed by atoms with Gasteiger partial charge in [0.05, 0.1) is 29.6 Å². The quantitative estimate of drug-likeness (QED) is 0.573. The Hall–Kier alpha value is -2.49. The number of nitrogens with zero attached hydrogens (tertiary/aromatic N) is 2. The minimum Gasteiger partial charge on any atom is -0.497 e. The molecule has 0 saturated carbocycles. The number of non-ortho nitro benzene ring substituents is 1. The molecule has 0 aliphatic carbocycles. The number of ether oxygens (including phenoxy) is 2. The molecular formula is C18H20N2O6S. The Bertz CT molecular complexity index is 956. The Kier molecular flexibility index (Phi) is 4.94. The number of rotatable bonds is 5. The minimum atomic E-state index is -3.96. The van der Waals surface area contributed by atoms with Gasteiger partial charge in [-0.15, -0.1) is 0 Å². The standard InChI is InChI=1S/C18H20N2O6S/c1-18(2)19(17(12-26-18)13-5-4-6-15(11-13)25-3)27(23,24)16-9-7-14(8-10-16)20(21)22/h4-11,17H,12H2,1-3H3. The predicted octanol–water partition coefficient (Wildman–Crippen LogP) is 3.10. The zero-order valence-corrected chi connectivity index (χ0v) is 16.0. The van der Waals surface area contributed by atoms with Crippen molar-refractivity contribution in [2.24, 2.45) is 0 Å². The molecule has 27 heavy (non-hydrogen) atoms. The topological polar surface area (TPSA) is 99.0 Å². The maximum absolute atomic E-state index is 13.3. The van der Waals surface area contributed by atoms with E-state index in [1.54, 1.807) is 39.2 Å². The zero-order chi connectivity index (χ0) is 19.8. The first-order valence-corrected chi connectivity index (χ1v) is 9.68. The van der Waals surface area contributed by atoms with E-state index in [-0.39, 0.29) is 17.2 Å². The average Bonchev–Trinajstić information content (AvgIpc) is 2.97. The van der Waals surface area contributed by atoms with E-state index in [0.29, 0.717) is 5.75 Å². The number of hydrogen-bond donors (Lipinski definition) is 0. The Balaban J connectivity index is 2.05. The van der Waals surface area contributed by atoms with Gasteiger partial charge in [0.15, 0.2) is 0 Å². The van der Waals surface area contributed by atoms with E-state index in [2.05, 4.69) is 0 Å². The molecule has 1 atom stereocenters. The highest BCUT2D eigenvalue weighted by atomic mass is 32.2. The van der Waals surface area contributed by atoms with Gasteiger partial charge >= 0.3 is 0 Å². The van der Waals surface area contributed by atoms with Crippen LogP contribution in [-0.4, -0.2) is 37.1 Å². The van der Waals surface area contributed by atoms with Gasteiger partial charge in [-0.3, -0.25) is 10.1 Å². The molecule has 3 rings (SSSR count). The van der Waals surface area contributed by atoms with Crippen molar-refractivity contribution in [3.05, 3.63) is 64.2 Å². The molecule has 0 radical (unpaired) electrons. The molecule has 1 heterocycles. The van der Waals surface area contributed by atoms with Gasteiger partial charge in [-0.25, -0.2) is 8.42 Å². The van der Waals surface area contributed by atoms with E-state index in [1.807, 2.05) is 6.07 Å². The summed E-state index contributed by atoms with van der Waals surface area (Å²) in [5.41, 5.74) is -0.505. The van der Waals surface area contributed by atoms with Crippen molar-refractivity contribution in [1.82, 2.24) is 4.31 Å². The summed E-state index contributed by atoms with van der Waals surface area (Å²) in [5.74, 6) is 0.616. The van der Waals surface area contributed by atoms with Crippen LogP contribution >= 0.6 is 0 Å². The molecule has 1 unspecified atom stereocenters. The molecule has 0 bridgehead atoms. The first-order valence-electron chi connectivity index (χ1n) is 8.24. The second-order valence-corrected chi connectivity index (χ2v) is 8.42. The number of sulfonamides is 1. The maximum atomic E-state index is 13.3. The van der Waals surface area contributed by atoms with E-state index < -0.39 is 26.7 Å². The summed E-state index contributed by atoms with van der Waals surface area (Å²) in [6.07, 6.45) is 0. The summed E-state index contributed by atoms with van der Waals surface area (Å²) in [5, 5.41) is 10.8. The van der Waals surface area contributed by atoms with Crippen molar-refractivity contribution in [2.45, 2.75) is 30.5 Å². The van der Waals surface area contributed by atoms with Crippen LogP contribution in [0.2, 0.25) is 0 Å². The fourth-order valence-corrected chi connectivity index (χ4v) is 5.04. The SMILES string of the molecule is COc1cccc(C2COC(C)(C)N2S(=O)(=O)c2ccc([N+](=O)[O-])cc2)c1. The third kappa shape index (κ3) is 3.53. The number of nitro benzene ring substituents is 1. The Morgan fingerprint density at radius 3 is 2.48 bits per heavy atom. The highest BCUT2D eigenvalue weighted by molar-refractivity contribution is 7.89. The van der Waals surface area contributed by atoms with Crippen LogP contribution in [0.15, 0.2) is 53.4 Å². The molecule has 2 aromatic carbocycles. The van der Waals surface area contributed by atoms with Crippen molar-refractivity contribution in [3.63, 3.8) is 0 Å². The average molecular weight is 392 g/mol. The predicted molar refractivity (Wildman–Crippen MR) is 97.9 cm³/mol. The molecule has 2 aromatic rings. The van der Waals surface area contributed by atoms with Gasteiger partial charge in [-0.1, -0.05) is 12.1 Å². The first-order chi connectivity index (χ1) is 12.7. The molecule has 0 spiro atoms. The van der Waals surface area contributed by atoms with Gasteiger partial charge in [0.25, 0.3) is 5.69 Å². The summed E-state index contributed by atoms with van der Waals surface area (Å²) < 4.78 is 38.9. The Morgan fingerprint density at radius 2 is 1.89 bits per heavy atom. The summed E-state index contributed by atoms with van der Waals surface area (Å²) in [7, 11) is -2.42. The van der Waals surface area contributed by atoms with Gasteiger partial charge in [0.2, 0.25) is 10.0 Å². The van der Waals surface area contributed by atoms with Crippen molar-refractivity contribution in [3.8, 4) is 5.75 Å². The molecule has 0 N–H and O–H groups in total. The highest BCUT2D eigenvalue weighted by Crippen LogP contribution is 2.42. The van der Waals surface area contributed by atoms with E-state index in [4.69, 9.17) is 9.47 Å².